The Morgan fingerprint density at radius 2 is 0.897 bits per heavy atom. The van der Waals surface area contributed by atoms with Crippen molar-refractivity contribution in [3.05, 3.63) is 108 Å². The molecule has 0 atom stereocenters. The monoisotopic (exact) mass is 424 g/mol. The van der Waals surface area contributed by atoms with Gasteiger partial charge in [-0.2, -0.15) is 0 Å². The van der Waals surface area contributed by atoms with Gasteiger partial charge in [0.1, 0.15) is 0 Å². The molecule has 0 saturated carbocycles. The molecule has 0 aliphatic carbocycles. The van der Waals surface area contributed by atoms with Crippen LogP contribution in [0, 0.1) is 0 Å². The molecule has 3 aromatic rings. The van der Waals surface area contributed by atoms with Gasteiger partial charge in [-0.25, -0.2) is 0 Å². The molecule has 3 aromatic carbocycles. The van der Waals surface area contributed by atoms with Crippen LogP contribution in [0.2, 0.25) is 0 Å². The Morgan fingerprint density at radius 3 is 1.24 bits per heavy atom. The van der Waals surface area contributed by atoms with Crippen molar-refractivity contribution in [2.75, 3.05) is 6.16 Å². The summed E-state index contributed by atoms with van der Waals surface area (Å²) in [5.74, 6) is 0. The van der Waals surface area contributed by atoms with Gasteiger partial charge in [-0.3, -0.25) is 0 Å². The average Bonchev–Trinajstić information content (AvgIpc) is 2.73. The number of rotatable bonds is 11. The maximum Gasteiger partial charge on any atom is 0.0849 e. The first-order chi connectivity index (χ1) is 13.8. The lowest BCUT2D eigenvalue weighted by molar-refractivity contribution is -0.00000596. The van der Waals surface area contributed by atoms with Crippen LogP contribution in [0.1, 0.15) is 49.3 Å². The number of halogens is 1. The fourth-order valence-electron chi connectivity index (χ4n) is 4.19. The van der Waals surface area contributed by atoms with E-state index in [2.05, 4.69) is 97.9 Å². The molecule has 0 aliphatic heterocycles. The summed E-state index contributed by atoms with van der Waals surface area (Å²) in [5, 5.41) is 0. The predicted octanol–water partition coefficient (Wildman–Crippen LogP) is 5.19. The molecular formula is C27H34ClP. The van der Waals surface area contributed by atoms with Gasteiger partial charge in [0.2, 0.25) is 0 Å². The summed E-state index contributed by atoms with van der Waals surface area (Å²) >= 11 is 0. The topological polar surface area (TPSA) is 0 Å². The Morgan fingerprint density at radius 1 is 0.517 bits per heavy atom. The molecular weight excluding hydrogens is 391 g/mol. The first-order valence-corrected chi connectivity index (χ1v) is 13.3. The first kappa shape index (κ1) is 23.7. The summed E-state index contributed by atoms with van der Waals surface area (Å²) in [4.78, 5) is 0. The molecule has 29 heavy (non-hydrogen) atoms. The van der Waals surface area contributed by atoms with Gasteiger partial charge in [-0.05, 0) is 29.5 Å². The molecule has 3 rings (SSSR count). The Bertz CT molecular complexity index is 685. The van der Waals surface area contributed by atoms with Crippen molar-refractivity contribution < 1.29 is 12.4 Å². The smallest absolute Gasteiger partial charge is 0.0849 e. The van der Waals surface area contributed by atoms with E-state index in [4.69, 9.17) is 0 Å². The van der Waals surface area contributed by atoms with E-state index in [0.717, 1.165) is 0 Å². The van der Waals surface area contributed by atoms with E-state index in [1.807, 2.05) is 0 Å². The van der Waals surface area contributed by atoms with Crippen molar-refractivity contribution in [3.8, 4) is 0 Å². The largest absolute Gasteiger partial charge is 1.00 e. The highest BCUT2D eigenvalue weighted by Crippen LogP contribution is 2.67. The molecule has 0 nitrogen and oxygen atoms in total. The van der Waals surface area contributed by atoms with Gasteiger partial charge in [0.15, 0.2) is 0 Å². The van der Waals surface area contributed by atoms with E-state index in [-0.39, 0.29) is 12.4 Å². The molecule has 0 amide bonds. The Hall–Kier alpha value is -1.62. The lowest BCUT2D eigenvalue weighted by atomic mass is 10.2. The summed E-state index contributed by atoms with van der Waals surface area (Å²) in [6, 6.07) is 33.6. The Kier molecular flexibility index (Phi) is 10.5. The lowest BCUT2D eigenvalue weighted by Crippen LogP contribution is -3.00. The van der Waals surface area contributed by atoms with Crippen molar-refractivity contribution in [1.29, 1.82) is 0 Å². The van der Waals surface area contributed by atoms with Crippen LogP contribution in [0.15, 0.2) is 91.0 Å². The fourth-order valence-corrected chi connectivity index (χ4v) is 8.85. The molecule has 0 aromatic heterocycles. The summed E-state index contributed by atoms with van der Waals surface area (Å²) < 4.78 is 0. The predicted molar refractivity (Wildman–Crippen MR) is 126 cm³/mol. The van der Waals surface area contributed by atoms with Crippen LogP contribution in [0.4, 0.5) is 0 Å². The summed E-state index contributed by atoms with van der Waals surface area (Å²) in [5.41, 5.74) is 4.54. The molecule has 0 N–H and O–H groups in total. The van der Waals surface area contributed by atoms with E-state index >= 15 is 0 Å². The van der Waals surface area contributed by atoms with Crippen molar-refractivity contribution in [3.63, 3.8) is 0 Å². The van der Waals surface area contributed by atoms with E-state index in [9.17, 15) is 0 Å². The highest BCUT2D eigenvalue weighted by molar-refractivity contribution is 7.73. The number of benzene rings is 3. The van der Waals surface area contributed by atoms with E-state index in [1.54, 1.807) is 0 Å². The Labute approximate surface area is 184 Å². The quantitative estimate of drug-likeness (QED) is 0.293. The van der Waals surface area contributed by atoms with Crippen molar-refractivity contribution in [1.82, 2.24) is 0 Å². The normalized spacial score (nSPS) is 11.1. The second-order valence-corrected chi connectivity index (χ2v) is 12.1. The van der Waals surface area contributed by atoms with Gasteiger partial charge >= 0.3 is 0 Å². The van der Waals surface area contributed by atoms with Crippen LogP contribution in [0.3, 0.4) is 0 Å². The molecule has 0 unspecified atom stereocenters. The maximum atomic E-state index is 2.33. The van der Waals surface area contributed by atoms with Gasteiger partial charge in [-0.15, -0.1) is 0 Å². The van der Waals surface area contributed by atoms with Gasteiger partial charge < -0.3 is 12.4 Å². The molecule has 0 bridgehead atoms. The van der Waals surface area contributed by atoms with Crippen molar-refractivity contribution in [2.24, 2.45) is 0 Å². The highest BCUT2D eigenvalue weighted by Gasteiger charge is 2.37. The summed E-state index contributed by atoms with van der Waals surface area (Å²) in [6.07, 6.45) is 10.6. The zero-order valence-corrected chi connectivity index (χ0v) is 19.3. The van der Waals surface area contributed by atoms with Gasteiger partial charge in [0, 0.05) is 7.26 Å². The third kappa shape index (κ3) is 7.96. The molecule has 154 valence electrons. The molecule has 0 saturated heterocycles. The highest BCUT2D eigenvalue weighted by atomic mass is 35.5. The first-order valence-electron chi connectivity index (χ1n) is 10.8. The minimum atomic E-state index is -1.20. The summed E-state index contributed by atoms with van der Waals surface area (Å²) in [6.45, 7) is 2.31. The molecule has 0 aliphatic rings. The van der Waals surface area contributed by atoms with Crippen LogP contribution in [0.5, 0.6) is 0 Å². The molecule has 0 spiro atoms. The minimum absolute atomic E-state index is 0. The second-order valence-electron chi connectivity index (χ2n) is 8.06. The fraction of sp³-hybridized carbons (Fsp3) is 0.333. The van der Waals surface area contributed by atoms with Crippen molar-refractivity contribution >= 4 is 7.26 Å². The van der Waals surface area contributed by atoms with E-state index in [0.29, 0.717) is 0 Å². The molecule has 0 heterocycles. The average molecular weight is 425 g/mol. The number of unbranched alkanes of at least 4 members (excludes halogenated alkanes) is 3. The van der Waals surface area contributed by atoms with Crippen LogP contribution >= 0.6 is 7.26 Å². The van der Waals surface area contributed by atoms with Crippen LogP contribution in [-0.2, 0) is 18.5 Å². The molecule has 0 fully saturated rings. The van der Waals surface area contributed by atoms with Gasteiger partial charge in [0.05, 0.1) is 24.6 Å². The third-order valence-corrected chi connectivity index (χ3v) is 9.94. The number of hydrogen-bond acceptors (Lipinski definition) is 0. The van der Waals surface area contributed by atoms with Gasteiger partial charge in [0.25, 0.3) is 0 Å². The summed E-state index contributed by atoms with van der Waals surface area (Å²) in [7, 11) is -1.20. The van der Waals surface area contributed by atoms with Crippen molar-refractivity contribution in [2.45, 2.75) is 51.1 Å². The zero-order chi connectivity index (χ0) is 19.5. The van der Waals surface area contributed by atoms with Crippen LogP contribution < -0.4 is 12.4 Å². The maximum absolute atomic E-state index is 2.33. The van der Waals surface area contributed by atoms with Gasteiger partial charge in [-0.1, -0.05) is 111 Å². The SMILES string of the molecule is CCCCCC[P+](Cc1ccccc1)(Cc1ccccc1)Cc1ccccc1.[Cl-]. The van der Waals surface area contributed by atoms with Crippen LogP contribution in [-0.4, -0.2) is 6.16 Å². The van der Waals surface area contributed by atoms with E-state index in [1.165, 1.54) is 67.0 Å². The zero-order valence-electron chi connectivity index (χ0n) is 17.6. The second kappa shape index (κ2) is 12.8. The minimum Gasteiger partial charge on any atom is -1.00 e. The van der Waals surface area contributed by atoms with Crippen LogP contribution in [0.25, 0.3) is 0 Å². The molecule has 0 radical (unpaired) electrons. The third-order valence-electron chi connectivity index (χ3n) is 5.57. The standard InChI is InChI=1S/C27H34P.ClH/c1-2-3-4-14-21-28(22-25-15-8-5-9-16-25,23-26-17-10-6-11-18-26)24-27-19-12-7-13-20-27;/h5-13,15-20H,2-4,14,21-24H2,1H3;1H/q+1;/p-1. The lowest BCUT2D eigenvalue weighted by Gasteiger charge is -2.29. The molecule has 2 heteroatoms. The van der Waals surface area contributed by atoms with E-state index < -0.39 is 7.26 Å². The number of hydrogen-bond donors (Lipinski definition) is 0. The Balaban J connectivity index is 0.00000300.